The molecule has 0 spiro atoms. The van der Waals surface area contributed by atoms with Crippen LogP contribution in [-0.2, 0) is 0 Å². The largest absolute Gasteiger partial charge is 0.508 e. The lowest BCUT2D eigenvalue weighted by atomic mass is 9.97. The zero-order valence-electron chi connectivity index (χ0n) is 20.9. The fourth-order valence-electron chi connectivity index (χ4n) is 4.73. The summed E-state index contributed by atoms with van der Waals surface area (Å²) in [7, 11) is 2.12. The minimum Gasteiger partial charge on any atom is -0.508 e. The van der Waals surface area contributed by atoms with Crippen LogP contribution in [0.25, 0.3) is 10.9 Å². The van der Waals surface area contributed by atoms with Crippen LogP contribution in [0.3, 0.4) is 0 Å². The molecule has 1 saturated heterocycles. The van der Waals surface area contributed by atoms with Crippen LogP contribution in [0.1, 0.15) is 51.9 Å². The van der Waals surface area contributed by atoms with Crippen LogP contribution < -0.4 is 5.32 Å². The lowest BCUT2D eigenvalue weighted by Crippen LogP contribution is -2.30. The number of aromatic nitrogens is 2. The molecule has 4 aromatic rings. The SMILES string of the molecule is Cc1cc(C#CC2CCN(C)CC2)cc(C(=O)NC(c2cc3ccccc3[nH]2)c2cc(F)ccc2O)n1. The van der Waals surface area contributed by atoms with Crippen LogP contribution in [0.2, 0.25) is 0 Å². The molecule has 1 unspecified atom stereocenters. The van der Waals surface area contributed by atoms with Crippen LogP contribution in [0.15, 0.2) is 60.7 Å². The molecule has 0 radical (unpaired) electrons. The van der Waals surface area contributed by atoms with Gasteiger partial charge in [0, 0.05) is 33.9 Å². The molecular weight excluding hydrogens is 467 g/mol. The second-order valence-corrected chi connectivity index (χ2v) is 9.65. The maximum Gasteiger partial charge on any atom is 0.270 e. The summed E-state index contributed by atoms with van der Waals surface area (Å²) in [6.45, 7) is 3.89. The highest BCUT2D eigenvalue weighted by molar-refractivity contribution is 5.93. The summed E-state index contributed by atoms with van der Waals surface area (Å²) < 4.78 is 14.2. The quantitative estimate of drug-likeness (QED) is 0.350. The third-order valence-corrected chi connectivity index (χ3v) is 6.76. The lowest BCUT2D eigenvalue weighted by molar-refractivity contribution is 0.0936. The van der Waals surface area contributed by atoms with Crippen molar-refractivity contribution >= 4 is 16.8 Å². The Balaban J connectivity index is 1.46. The van der Waals surface area contributed by atoms with E-state index in [0.29, 0.717) is 17.3 Å². The zero-order valence-corrected chi connectivity index (χ0v) is 20.9. The van der Waals surface area contributed by atoms with Crippen molar-refractivity contribution in [3.63, 3.8) is 0 Å². The Bertz CT molecular complexity index is 1480. The first kappa shape index (κ1) is 24.5. The van der Waals surface area contributed by atoms with Crippen molar-refractivity contribution in [2.24, 2.45) is 5.92 Å². The van der Waals surface area contributed by atoms with Crippen molar-refractivity contribution in [1.82, 2.24) is 20.2 Å². The molecule has 7 heteroatoms. The number of phenolic OH excluding ortho intramolecular Hbond substituents is 1. The number of carbonyl (C=O) groups is 1. The molecule has 1 amide bonds. The second kappa shape index (κ2) is 10.5. The number of pyridine rings is 1. The standard InChI is InChI=1S/C30H29FN4O2/c1-19-15-21(8-7-20-11-13-35(2)14-12-20)16-27(32-19)30(37)34-29(24-18-23(31)9-10-28(24)36)26-17-22-5-3-4-6-25(22)33-26/h3-6,9-10,15-18,20,29,33,36H,11-14H2,1-2H3,(H,34,37). The predicted molar refractivity (Wildman–Crippen MR) is 142 cm³/mol. The van der Waals surface area contributed by atoms with Gasteiger partial charge in [-0.05, 0) is 87.8 Å². The molecule has 188 valence electrons. The normalized spacial score (nSPS) is 15.2. The van der Waals surface area contributed by atoms with Crippen LogP contribution in [0.5, 0.6) is 5.75 Å². The van der Waals surface area contributed by atoms with Gasteiger partial charge in [0.05, 0.1) is 6.04 Å². The maximum absolute atomic E-state index is 14.2. The van der Waals surface area contributed by atoms with Crippen molar-refractivity contribution in [2.45, 2.75) is 25.8 Å². The fraction of sp³-hybridized carbons (Fsp3) is 0.267. The molecule has 3 heterocycles. The van der Waals surface area contributed by atoms with E-state index in [2.05, 4.69) is 39.1 Å². The number of likely N-dealkylation sites (tertiary alicyclic amines) is 1. The number of carbonyl (C=O) groups excluding carboxylic acids is 1. The minimum atomic E-state index is -0.827. The molecule has 3 N–H and O–H groups in total. The third-order valence-electron chi connectivity index (χ3n) is 6.76. The monoisotopic (exact) mass is 496 g/mol. The molecule has 1 atom stereocenters. The van der Waals surface area contributed by atoms with Crippen molar-refractivity contribution in [2.75, 3.05) is 20.1 Å². The number of halogens is 1. The Kier molecular flexibility index (Phi) is 6.93. The van der Waals surface area contributed by atoms with E-state index >= 15 is 0 Å². The van der Waals surface area contributed by atoms with Gasteiger partial charge in [0.2, 0.25) is 0 Å². The Morgan fingerprint density at radius 1 is 1.16 bits per heavy atom. The van der Waals surface area contributed by atoms with E-state index in [0.717, 1.165) is 42.4 Å². The van der Waals surface area contributed by atoms with E-state index in [4.69, 9.17) is 0 Å². The number of amides is 1. The molecule has 1 aliphatic heterocycles. The number of fused-ring (bicyclic) bond motifs is 1. The molecule has 1 aliphatic rings. The van der Waals surface area contributed by atoms with Crippen LogP contribution in [0.4, 0.5) is 4.39 Å². The molecular formula is C30H29FN4O2. The third kappa shape index (κ3) is 5.65. The number of rotatable bonds is 4. The number of nitrogens with one attached hydrogen (secondary N) is 2. The van der Waals surface area contributed by atoms with Crippen molar-refractivity contribution in [3.05, 3.63) is 94.7 Å². The van der Waals surface area contributed by atoms with Gasteiger partial charge in [0.15, 0.2) is 0 Å². The Morgan fingerprint density at radius 3 is 2.73 bits per heavy atom. The van der Waals surface area contributed by atoms with Gasteiger partial charge in [0.25, 0.3) is 5.91 Å². The first-order valence-corrected chi connectivity index (χ1v) is 12.4. The molecule has 0 aliphatic carbocycles. The summed E-state index contributed by atoms with van der Waals surface area (Å²) in [5.74, 6) is 5.85. The number of H-pyrrole nitrogens is 1. The number of piperidine rings is 1. The molecule has 0 bridgehead atoms. The summed E-state index contributed by atoms with van der Waals surface area (Å²) in [4.78, 5) is 23.5. The smallest absolute Gasteiger partial charge is 0.270 e. The number of benzene rings is 2. The molecule has 1 fully saturated rings. The van der Waals surface area contributed by atoms with Crippen LogP contribution in [-0.4, -0.2) is 46.0 Å². The highest BCUT2D eigenvalue weighted by Crippen LogP contribution is 2.32. The summed E-state index contributed by atoms with van der Waals surface area (Å²) in [5.41, 5.74) is 3.35. The van der Waals surface area contributed by atoms with Crippen LogP contribution in [0, 0.1) is 30.5 Å². The van der Waals surface area contributed by atoms with Gasteiger partial charge in [0.1, 0.15) is 17.3 Å². The average Bonchev–Trinajstić information content (AvgIpc) is 3.32. The first-order valence-electron chi connectivity index (χ1n) is 12.4. The van der Waals surface area contributed by atoms with Crippen molar-refractivity contribution < 1.29 is 14.3 Å². The molecule has 2 aromatic carbocycles. The topological polar surface area (TPSA) is 81.2 Å². The van der Waals surface area contributed by atoms with Gasteiger partial charge in [-0.1, -0.05) is 30.0 Å². The summed E-state index contributed by atoms with van der Waals surface area (Å²) >= 11 is 0. The highest BCUT2D eigenvalue weighted by Gasteiger charge is 2.24. The summed E-state index contributed by atoms with van der Waals surface area (Å²) in [6.07, 6.45) is 2.06. The Morgan fingerprint density at radius 2 is 1.95 bits per heavy atom. The minimum absolute atomic E-state index is 0.118. The van der Waals surface area contributed by atoms with Gasteiger partial charge < -0.3 is 20.3 Å². The molecule has 37 heavy (non-hydrogen) atoms. The van der Waals surface area contributed by atoms with Gasteiger partial charge in [-0.3, -0.25) is 4.79 Å². The molecule has 6 nitrogen and oxygen atoms in total. The number of nitrogens with zero attached hydrogens (tertiary/aromatic N) is 2. The molecule has 5 rings (SSSR count). The lowest BCUT2D eigenvalue weighted by Gasteiger charge is -2.25. The number of aryl methyl sites for hydroxylation is 1. The van der Waals surface area contributed by atoms with Crippen molar-refractivity contribution in [1.29, 1.82) is 0 Å². The average molecular weight is 497 g/mol. The number of aromatic amines is 1. The number of para-hydroxylation sites is 1. The fourth-order valence-corrected chi connectivity index (χ4v) is 4.73. The zero-order chi connectivity index (χ0) is 25.9. The van der Waals surface area contributed by atoms with E-state index in [1.54, 1.807) is 6.07 Å². The van der Waals surface area contributed by atoms with E-state index in [9.17, 15) is 14.3 Å². The van der Waals surface area contributed by atoms with E-state index < -0.39 is 17.8 Å². The van der Waals surface area contributed by atoms with Gasteiger partial charge in [-0.15, -0.1) is 0 Å². The van der Waals surface area contributed by atoms with Gasteiger partial charge in [-0.2, -0.15) is 0 Å². The van der Waals surface area contributed by atoms with Crippen molar-refractivity contribution in [3.8, 4) is 17.6 Å². The highest BCUT2D eigenvalue weighted by atomic mass is 19.1. The number of hydrogen-bond acceptors (Lipinski definition) is 4. The van der Waals surface area contributed by atoms with Gasteiger partial charge >= 0.3 is 0 Å². The Labute approximate surface area is 215 Å². The molecule has 0 saturated carbocycles. The van der Waals surface area contributed by atoms with E-state index in [1.807, 2.05) is 43.3 Å². The number of aromatic hydroxyl groups is 1. The number of hydrogen-bond donors (Lipinski definition) is 3. The molecule has 2 aromatic heterocycles. The number of phenols is 1. The summed E-state index contributed by atoms with van der Waals surface area (Å²) in [5, 5.41) is 14.4. The second-order valence-electron chi connectivity index (χ2n) is 9.65. The summed E-state index contributed by atoms with van der Waals surface area (Å²) in [6, 6.07) is 16.0. The van der Waals surface area contributed by atoms with Gasteiger partial charge in [-0.25, -0.2) is 9.37 Å². The Hall–Kier alpha value is -4.15. The van der Waals surface area contributed by atoms with E-state index in [-0.39, 0.29) is 17.0 Å². The van der Waals surface area contributed by atoms with Crippen LogP contribution >= 0.6 is 0 Å². The van der Waals surface area contributed by atoms with E-state index in [1.165, 1.54) is 18.2 Å². The predicted octanol–water partition coefficient (Wildman–Crippen LogP) is 4.93. The first-order chi connectivity index (χ1) is 17.9. The maximum atomic E-state index is 14.2.